The first-order chi connectivity index (χ1) is 18.4. The molecule has 0 unspecified atom stereocenters. The van der Waals surface area contributed by atoms with Crippen molar-refractivity contribution in [2.24, 2.45) is 7.05 Å². The second kappa shape index (κ2) is 10.6. The van der Waals surface area contributed by atoms with Gasteiger partial charge in [0, 0.05) is 19.5 Å². The zero-order chi connectivity index (χ0) is 26.7. The molecule has 1 fully saturated rings. The van der Waals surface area contributed by atoms with Gasteiger partial charge in [0.1, 0.15) is 30.5 Å². The Hall–Kier alpha value is -4.31. The molecule has 5 rings (SSSR count). The number of esters is 1. The number of hydrogen-bond acceptors (Lipinski definition) is 8. The molecular weight excluding hydrogens is 506 g/mol. The number of ether oxygens (including phenoxy) is 3. The number of nitrogens with zero attached hydrogens (tertiary/aromatic N) is 2. The third kappa shape index (κ3) is 5.08. The van der Waals surface area contributed by atoms with Crippen LogP contribution in [0.15, 0.2) is 72.8 Å². The number of rotatable bonds is 9. The summed E-state index contributed by atoms with van der Waals surface area (Å²) in [7, 11) is 3.54. The molecule has 2 amide bonds. The fourth-order valence-electron chi connectivity index (χ4n) is 4.20. The van der Waals surface area contributed by atoms with Crippen molar-refractivity contribution in [1.82, 2.24) is 14.9 Å². The summed E-state index contributed by atoms with van der Waals surface area (Å²) in [6, 6.07) is 21.9. The van der Waals surface area contributed by atoms with E-state index in [0.717, 1.165) is 28.2 Å². The van der Waals surface area contributed by atoms with Crippen LogP contribution in [0.1, 0.15) is 17.0 Å². The van der Waals surface area contributed by atoms with E-state index in [1.165, 1.54) is 0 Å². The smallest absolute Gasteiger partial charge is 0.333 e. The van der Waals surface area contributed by atoms with Gasteiger partial charge >= 0.3 is 5.97 Å². The van der Waals surface area contributed by atoms with Crippen LogP contribution in [0.5, 0.6) is 11.5 Å². The van der Waals surface area contributed by atoms with Crippen molar-refractivity contribution >= 4 is 39.9 Å². The molecule has 2 heterocycles. The summed E-state index contributed by atoms with van der Waals surface area (Å²) < 4.78 is 16.9. The molecule has 9 nitrogen and oxygen atoms in total. The molecule has 10 heteroatoms. The van der Waals surface area contributed by atoms with E-state index in [0.29, 0.717) is 23.1 Å². The van der Waals surface area contributed by atoms with Crippen LogP contribution >= 0.6 is 11.8 Å². The molecule has 0 radical (unpaired) electrons. The first kappa shape index (κ1) is 25.3. The molecular formula is C28H25N3O6S. The van der Waals surface area contributed by atoms with E-state index in [1.807, 2.05) is 60.1 Å². The highest BCUT2D eigenvalue weighted by molar-refractivity contribution is 8.16. The zero-order valence-electron chi connectivity index (χ0n) is 20.8. The van der Waals surface area contributed by atoms with Gasteiger partial charge in [-0.05, 0) is 47.2 Å². The molecule has 38 heavy (non-hydrogen) atoms. The van der Waals surface area contributed by atoms with Gasteiger partial charge in [-0.2, -0.15) is 0 Å². The van der Waals surface area contributed by atoms with Crippen molar-refractivity contribution in [1.29, 1.82) is 0 Å². The fourth-order valence-corrected chi connectivity index (χ4v) is 5.19. The molecule has 0 bridgehead atoms. The van der Waals surface area contributed by atoms with Crippen molar-refractivity contribution in [2.45, 2.75) is 24.4 Å². The van der Waals surface area contributed by atoms with Crippen molar-refractivity contribution in [3.05, 3.63) is 89.7 Å². The van der Waals surface area contributed by atoms with Crippen LogP contribution in [0.4, 0.5) is 4.79 Å². The Morgan fingerprint density at radius 2 is 1.71 bits per heavy atom. The number of amides is 2. The van der Waals surface area contributed by atoms with E-state index >= 15 is 0 Å². The van der Waals surface area contributed by atoms with Gasteiger partial charge in [0.05, 0.1) is 18.1 Å². The minimum Gasteiger partial charge on any atom is -0.497 e. The second-order valence-corrected chi connectivity index (χ2v) is 10.1. The Kier molecular flexibility index (Phi) is 7.06. The Bertz CT molecular complexity index is 1500. The van der Waals surface area contributed by atoms with E-state index in [9.17, 15) is 14.4 Å². The number of thioether (sulfide) groups is 1. The maximum Gasteiger partial charge on any atom is 0.333 e. The van der Waals surface area contributed by atoms with Gasteiger partial charge in [0.2, 0.25) is 4.75 Å². The highest BCUT2D eigenvalue weighted by Gasteiger charge is 2.55. The van der Waals surface area contributed by atoms with Gasteiger partial charge in [-0.25, -0.2) is 9.78 Å². The lowest BCUT2D eigenvalue weighted by Gasteiger charge is -2.22. The quantitative estimate of drug-likeness (QED) is 0.253. The summed E-state index contributed by atoms with van der Waals surface area (Å²) in [5, 5.41) is 1.65. The van der Waals surface area contributed by atoms with E-state index in [2.05, 4.69) is 10.3 Å². The number of hydrogen-bond donors (Lipinski definition) is 1. The largest absolute Gasteiger partial charge is 0.497 e. The van der Waals surface area contributed by atoms with Crippen molar-refractivity contribution in [3.8, 4) is 11.5 Å². The number of carbonyl (C=O) groups excluding carboxylic acids is 3. The van der Waals surface area contributed by atoms with Gasteiger partial charge in [-0.1, -0.05) is 42.5 Å². The molecule has 1 aromatic heterocycles. The zero-order valence-corrected chi connectivity index (χ0v) is 21.6. The summed E-state index contributed by atoms with van der Waals surface area (Å²) >= 11 is 0.652. The predicted molar refractivity (Wildman–Crippen MR) is 142 cm³/mol. The standard InChI is InChI=1S/C28H25N3O6S/c1-31-23-14-21(35-2)12-13-22(23)29-24(31)17-36-20-10-8-18(9-11-20)15-28(25(32)30-27(34)38-28)26(33)37-16-19-6-4-3-5-7-19/h3-14H,15-17H2,1-2H3,(H,30,32,34)/t28-/m0/s1. The predicted octanol–water partition coefficient (Wildman–Crippen LogP) is 4.17. The lowest BCUT2D eigenvalue weighted by atomic mass is 9.97. The lowest BCUT2D eigenvalue weighted by molar-refractivity contribution is -0.150. The number of benzene rings is 3. The third-order valence-corrected chi connectivity index (χ3v) is 7.45. The molecule has 194 valence electrons. The van der Waals surface area contributed by atoms with Gasteiger partial charge < -0.3 is 18.8 Å². The molecule has 1 N–H and O–H groups in total. The fraction of sp³-hybridized carbons (Fsp3) is 0.214. The van der Waals surface area contributed by atoms with Gasteiger partial charge in [0.15, 0.2) is 0 Å². The highest BCUT2D eigenvalue weighted by Crippen LogP contribution is 2.37. The van der Waals surface area contributed by atoms with Crippen LogP contribution in [0.25, 0.3) is 11.0 Å². The number of aryl methyl sites for hydroxylation is 1. The summed E-state index contributed by atoms with van der Waals surface area (Å²) in [6.45, 7) is 0.251. The minimum absolute atomic E-state index is 0.00423. The summed E-state index contributed by atoms with van der Waals surface area (Å²) in [5.41, 5.74) is 3.24. The molecule has 1 aliphatic heterocycles. The topological polar surface area (TPSA) is 109 Å². The average Bonchev–Trinajstić information content (AvgIpc) is 3.41. The normalized spacial score (nSPS) is 16.9. The maximum absolute atomic E-state index is 13.1. The maximum atomic E-state index is 13.1. The van der Waals surface area contributed by atoms with E-state index < -0.39 is 21.9 Å². The Morgan fingerprint density at radius 1 is 0.974 bits per heavy atom. The minimum atomic E-state index is -1.69. The number of aromatic nitrogens is 2. The van der Waals surface area contributed by atoms with Crippen molar-refractivity contribution in [3.63, 3.8) is 0 Å². The summed E-state index contributed by atoms with van der Waals surface area (Å²) in [6.07, 6.45) is -0.00423. The average molecular weight is 532 g/mol. The molecule has 0 spiro atoms. The first-order valence-electron chi connectivity index (χ1n) is 11.8. The number of fused-ring (bicyclic) bond motifs is 1. The summed E-state index contributed by atoms with van der Waals surface area (Å²) in [5.74, 6) is 0.660. The van der Waals surface area contributed by atoms with Gasteiger partial charge in [0.25, 0.3) is 11.1 Å². The van der Waals surface area contributed by atoms with E-state index in [1.54, 1.807) is 31.4 Å². The number of carbonyl (C=O) groups is 3. The second-order valence-electron chi connectivity index (χ2n) is 8.78. The SMILES string of the molecule is COc1ccc2nc(COc3ccc(C[C@]4(C(=O)OCc5ccccc5)SC(=O)NC4=O)cc3)n(C)c2c1. The van der Waals surface area contributed by atoms with Crippen molar-refractivity contribution in [2.75, 3.05) is 7.11 Å². The van der Waals surface area contributed by atoms with Crippen LogP contribution < -0.4 is 14.8 Å². The molecule has 1 saturated heterocycles. The Labute approximate surface area is 223 Å². The molecule has 0 saturated carbocycles. The lowest BCUT2D eigenvalue weighted by Crippen LogP contribution is -2.46. The Morgan fingerprint density at radius 3 is 2.39 bits per heavy atom. The van der Waals surface area contributed by atoms with Gasteiger partial charge in [-0.3, -0.25) is 14.9 Å². The van der Waals surface area contributed by atoms with Crippen LogP contribution in [-0.2, 0) is 41.0 Å². The van der Waals surface area contributed by atoms with E-state index in [4.69, 9.17) is 14.2 Å². The third-order valence-electron chi connectivity index (χ3n) is 6.32. The molecule has 3 aromatic carbocycles. The van der Waals surface area contributed by atoms with Crippen LogP contribution in [0.3, 0.4) is 0 Å². The van der Waals surface area contributed by atoms with Crippen LogP contribution in [0.2, 0.25) is 0 Å². The monoisotopic (exact) mass is 531 g/mol. The number of imidazole rings is 1. The molecule has 1 atom stereocenters. The van der Waals surface area contributed by atoms with Crippen LogP contribution in [0, 0.1) is 0 Å². The molecule has 4 aromatic rings. The number of methoxy groups -OCH3 is 1. The first-order valence-corrected chi connectivity index (χ1v) is 12.7. The Balaban J connectivity index is 1.27. The summed E-state index contributed by atoms with van der Waals surface area (Å²) in [4.78, 5) is 42.5. The van der Waals surface area contributed by atoms with Crippen LogP contribution in [-0.4, -0.2) is 38.5 Å². The number of nitrogens with one attached hydrogen (secondary N) is 1. The highest BCUT2D eigenvalue weighted by atomic mass is 32.2. The van der Waals surface area contributed by atoms with E-state index in [-0.39, 0.29) is 19.6 Å². The van der Waals surface area contributed by atoms with Gasteiger partial charge in [-0.15, -0.1) is 0 Å². The van der Waals surface area contributed by atoms with Crippen molar-refractivity contribution < 1.29 is 28.6 Å². The number of imide groups is 1. The molecule has 0 aliphatic carbocycles. The molecule has 1 aliphatic rings.